The quantitative estimate of drug-likeness (QED) is 0.598. The third-order valence-corrected chi connectivity index (χ3v) is 4.58. The summed E-state index contributed by atoms with van der Waals surface area (Å²) in [6, 6.07) is 10.1. The molecule has 0 atom stereocenters. The lowest BCUT2D eigenvalue weighted by Gasteiger charge is -2.08. The fraction of sp³-hybridized carbons (Fsp3) is 0.0714. The topological polar surface area (TPSA) is 55.1 Å². The van der Waals surface area contributed by atoms with Crippen LogP contribution in [0.4, 0.5) is 11.4 Å². The largest absolute Gasteiger partial charge is 0.398 e. The van der Waals surface area contributed by atoms with E-state index in [0.29, 0.717) is 26.4 Å². The molecule has 0 aliphatic rings. The summed E-state index contributed by atoms with van der Waals surface area (Å²) < 4.78 is 0. The number of halogens is 3. The number of hydrogen-bond acceptors (Lipinski definition) is 3. The Kier molecular flexibility index (Phi) is 5.65. The van der Waals surface area contributed by atoms with Gasteiger partial charge in [0.05, 0.1) is 15.8 Å². The molecular formula is C14H11Cl3N2OS. The molecule has 2 rings (SSSR count). The fourth-order valence-electron chi connectivity index (χ4n) is 1.55. The summed E-state index contributed by atoms with van der Waals surface area (Å²) in [6.45, 7) is 0. The number of carbonyl (C=O) groups is 1. The molecule has 0 bridgehead atoms. The Balaban J connectivity index is 1.95. The molecule has 0 unspecified atom stereocenters. The van der Waals surface area contributed by atoms with Gasteiger partial charge >= 0.3 is 0 Å². The molecule has 0 saturated carbocycles. The van der Waals surface area contributed by atoms with Gasteiger partial charge in [-0.15, -0.1) is 11.8 Å². The number of nitrogens with one attached hydrogen (secondary N) is 1. The summed E-state index contributed by atoms with van der Waals surface area (Å²) in [5, 5.41) is 4.15. The van der Waals surface area contributed by atoms with E-state index < -0.39 is 0 Å². The highest BCUT2D eigenvalue weighted by atomic mass is 35.5. The number of rotatable bonds is 4. The van der Waals surface area contributed by atoms with Gasteiger partial charge in [0.15, 0.2) is 0 Å². The van der Waals surface area contributed by atoms with Gasteiger partial charge in [-0.1, -0.05) is 34.8 Å². The van der Waals surface area contributed by atoms with Crippen molar-refractivity contribution in [3.8, 4) is 0 Å². The second-order valence-electron chi connectivity index (χ2n) is 4.15. The zero-order valence-electron chi connectivity index (χ0n) is 10.7. The zero-order chi connectivity index (χ0) is 15.4. The molecule has 2 aromatic carbocycles. The molecule has 110 valence electrons. The second kappa shape index (κ2) is 7.27. The number of nitrogens with two attached hydrogens (primary N) is 1. The van der Waals surface area contributed by atoms with Gasteiger partial charge in [-0.25, -0.2) is 0 Å². The molecule has 0 fully saturated rings. The maximum Gasteiger partial charge on any atom is 0.234 e. The first-order valence-corrected chi connectivity index (χ1v) is 8.00. The van der Waals surface area contributed by atoms with Crippen LogP contribution in [0.3, 0.4) is 0 Å². The minimum atomic E-state index is -0.169. The first-order valence-electron chi connectivity index (χ1n) is 5.88. The van der Waals surface area contributed by atoms with Crippen LogP contribution in [0, 0.1) is 0 Å². The van der Waals surface area contributed by atoms with Gasteiger partial charge in [0.25, 0.3) is 0 Å². The van der Waals surface area contributed by atoms with Crippen molar-refractivity contribution in [3.63, 3.8) is 0 Å². The normalized spacial score (nSPS) is 10.4. The number of thioether (sulfide) groups is 1. The SMILES string of the molecule is Nc1ccc(Cl)cc1SCC(=O)Nc1ccc(Cl)c(Cl)c1. The Morgan fingerprint density at radius 1 is 1.10 bits per heavy atom. The summed E-state index contributed by atoms with van der Waals surface area (Å²) in [6.07, 6.45) is 0. The number of nitrogen functional groups attached to an aromatic ring is 1. The van der Waals surface area contributed by atoms with E-state index in [1.807, 2.05) is 0 Å². The Morgan fingerprint density at radius 2 is 1.86 bits per heavy atom. The highest BCUT2D eigenvalue weighted by molar-refractivity contribution is 8.00. The van der Waals surface area contributed by atoms with E-state index in [4.69, 9.17) is 40.5 Å². The van der Waals surface area contributed by atoms with Gasteiger partial charge < -0.3 is 11.1 Å². The Hall–Kier alpha value is -1.07. The first kappa shape index (κ1) is 16.3. The zero-order valence-corrected chi connectivity index (χ0v) is 13.8. The van der Waals surface area contributed by atoms with E-state index >= 15 is 0 Å². The van der Waals surface area contributed by atoms with E-state index in [9.17, 15) is 4.79 Å². The molecule has 0 radical (unpaired) electrons. The third-order valence-electron chi connectivity index (χ3n) is 2.54. The summed E-state index contributed by atoms with van der Waals surface area (Å²) in [7, 11) is 0. The number of anilines is 2. The molecule has 7 heteroatoms. The highest BCUT2D eigenvalue weighted by Crippen LogP contribution is 2.28. The molecule has 0 aliphatic heterocycles. The van der Waals surface area contributed by atoms with Gasteiger partial charge in [-0.05, 0) is 36.4 Å². The molecular weight excluding hydrogens is 351 g/mol. The first-order chi connectivity index (χ1) is 9.95. The summed E-state index contributed by atoms with van der Waals surface area (Å²) in [5.74, 6) is 0.0443. The van der Waals surface area contributed by atoms with Crippen LogP contribution in [0.25, 0.3) is 0 Å². The van der Waals surface area contributed by atoms with Crippen LogP contribution in [0.1, 0.15) is 0 Å². The number of benzene rings is 2. The lowest BCUT2D eigenvalue weighted by atomic mass is 10.3. The number of amides is 1. The van der Waals surface area contributed by atoms with Gasteiger partial charge in [0, 0.05) is 21.3 Å². The van der Waals surface area contributed by atoms with Crippen molar-refractivity contribution in [3.05, 3.63) is 51.5 Å². The van der Waals surface area contributed by atoms with Crippen molar-refractivity contribution in [2.45, 2.75) is 4.90 Å². The third kappa shape index (κ3) is 4.71. The van der Waals surface area contributed by atoms with E-state index in [0.717, 1.165) is 4.90 Å². The van der Waals surface area contributed by atoms with Crippen molar-refractivity contribution in [1.82, 2.24) is 0 Å². The second-order valence-corrected chi connectivity index (χ2v) is 6.42. The van der Waals surface area contributed by atoms with Gasteiger partial charge in [0.1, 0.15) is 0 Å². The Labute approximate surface area is 141 Å². The van der Waals surface area contributed by atoms with Crippen molar-refractivity contribution in [2.24, 2.45) is 0 Å². The van der Waals surface area contributed by atoms with Crippen LogP contribution in [0.2, 0.25) is 15.1 Å². The van der Waals surface area contributed by atoms with E-state index in [1.165, 1.54) is 11.8 Å². The predicted molar refractivity (Wildman–Crippen MR) is 91.7 cm³/mol. The molecule has 0 saturated heterocycles. The summed E-state index contributed by atoms with van der Waals surface area (Å²) in [4.78, 5) is 12.7. The van der Waals surface area contributed by atoms with Gasteiger partial charge in [-0.2, -0.15) is 0 Å². The van der Waals surface area contributed by atoms with Crippen LogP contribution in [0.5, 0.6) is 0 Å². The number of carbonyl (C=O) groups excluding carboxylic acids is 1. The van der Waals surface area contributed by atoms with Crippen LogP contribution in [-0.2, 0) is 4.79 Å². The monoisotopic (exact) mass is 360 g/mol. The minimum absolute atomic E-state index is 0.169. The van der Waals surface area contributed by atoms with Gasteiger partial charge in [0.2, 0.25) is 5.91 Å². The molecule has 3 nitrogen and oxygen atoms in total. The Bertz CT molecular complexity index is 679. The summed E-state index contributed by atoms with van der Waals surface area (Å²) >= 11 is 18.9. The molecule has 0 heterocycles. The standard InChI is InChI=1S/C14H11Cl3N2OS/c15-8-1-4-12(18)13(5-8)21-7-14(20)19-9-2-3-10(16)11(17)6-9/h1-6H,7,18H2,(H,19,20). The smallest absolute Gasteiger partial charge is 0.234 e. The average molecular weight is 362 g/mol. The fourth-order valence-corrected chi connectivity index (χ4v) is 2.89. The Morgan fingerprint density at radius 3 is 2.57 bits per heavy atom. The maximum absolute atomic E-state index is 11.9. The van der Waals surface area contributed by atoms with Crippen molar-refractivity contribution < 1.29 is 4.79 Å². The van der Waals surface area contributed by atoms with Gasteiger partial charge in [-0.3, -0.25) is 4.79 Å². The molecule has 2 aromatic rings. The molecule has 0 aromatic heterocycles. The molecule has 3 N–H and O–H groups in total. The minimum Gasteiger partial charge on any atom is -0.398 e. The summed E-state index contributed by atoms with van der Waals surface area (Å²) in [5.41, 5.74) is 7.00. The predicted octanol–water partition coefficient (Wildman–Crippen LogP) is 4.96. The van der Waals surface area contributed by atoms with E-state index in [-0.39, 0.29) is 11.7 Å². The molecule has 1 amide bonds. The molecule has 0 aliphatic carbocycles. The van der Waals surface area contributed by atoms with E-state index in [2.05, 4.69) is 5.32 Å². The lowest BCUT2D eigenvalue weighted by Crippen LogP contribution is -2.14. The lowest BCUT2D eigenvalue weighted by molar-refractivity contribution is -0.113. The van der Waals surface area contributed by atoms with Crippen molar-refractivity contribution in [1.29, 1.82) is 0 Å². The van der Waals surface area contributed by atoms with Crippen molar-refractivity contribution in [2.75, 3.05) is 16.8 Å². The maximum atomic E-state index is 11.9. The van der Waals surface area contributed by atoms with Crippen LogP contribution >= 0.6 is 46.6 Å². The number of hydrogen-bond donors (Lipinski definition) is 2. The van der Waals surface area contributed by atoms with Crippen LogP contribution in [-0.4, -0.2) is 11.7 Å². The van der Waals surface area contributed by atoms with Crippen LogP contribution < -0.4 is 11.1 Å². The van der Waals surface area contributed by atoms with Crippen molar-refractivity contribution >= 4 is 63.8 Å². The average Bonchev–Trinajstić information content (AvgIpc) is 2.44. The van der Waals surface area contributed by atoms with E-state index in [1.54, 1.807) is 36.4 Å². The molecule has 0 spiro atoms. The molecule has 21 heavy (non-hydrogen) atoms. The highest BCUT2D eigenvalue weighted by Gasteiger charge is 2.07. The van der Waals surface area contributed by atoms with Crippen LogP contribution in [0.15, 0.2) is 41.3 Å².